The second-order valence-corrected chi connectivity index (χ2v) is 2.83. The Hall–Kier alpha value is -1.06. The molecule has 4 N–H and O–H groups in total. The first-order valence-electron chi connectivity index (χ1n) is 4.13. The van der Waals surface area contributed by atoms with E-state index in [1.165, 1.54) is 0 Å². The van der Waals surface area contributed by atoms with Crippen LogP contribution < -0.4 is 11.5 Å². The average Bonchev–Trinajstić information content (AvgIpc) is 1.98. The van der Waals surface area contributed by atoms with E-state index >= 15 is 0 Å². The number of carbonyl (C=O) groups excluding carboxylic acids is 2. The minimum Gasteiger partial charge on any atom is -0.369 e. The van der Waals surface area contributed by atoms with Crippen molar-refractivity contribution < 1.29 is 9.59 Å². The van der Waals surface area contributed by atoms with Crippen LogP contribution in [-0.4, -0.2) is 11.8 Å². The van der Waals surface area contributed by atoms with Gasteiger partial charge < -0.3 is 11.5 Å². The summed E-state index contributed by atoms with van der Waals surface area (Å²) in [7, 11) is 0. The van der Waals surface area contributed by atoms with Gasteiger partial charge in [0.05, 0.1) is 0 Å². The molecule has 2 unspecified atom stereocenters. The predicted molar refractivity (Wildman–Crippen MR) is 46.0 cm³/mol. The number of hydrogen-bond acceptors (Lipinski definition) is 2. The van der Waals surface area contributed by atoms with Crippen LogP contribution in [-0.2, 0) is 9.59 Å². The van der Waals surface area contributed by atoms with Crippen molar-refractivity contribution in [1.82, 2.24) is 0 Å². The predicted octanol–water partition coefficient (Wildman–Crippen LogP) is 0.00940. The molecule has 0 aromatic heterocycles. The van der Waals surface area contributed by atoms with Gasteiger partial charge in [0.1, 0.15) is 0 Å². The van der Waals surface area contributed by atoms with Gasteiger partial charge in [0.15, 0.2) is 0 Å². The fraction of sp³-hybridized carbons (Fsp3) is 0.750. The van der Waals surface area contributed by atoms with Crippen molar-refractivity contribution in [3.05, 3.63) is 0 Å². The quantitative estimate of drug-likeness (QED) is 0.612. The molecular weight excluding hydrogens is 156 g/mol. The first kappa shape index (κ1) is 10.9. The molecule has 0 radical (unpaired) electrons. The zero-order valence-corrected chi connectivity index (χ0v) is 7.54. The summed E-state index contributed by atoms with van der Waals surface area (Å²) >= 11 is 0. The van der Waals surface area contributed by atoms with Gasteiger partial charge in [-0.25, -0.2) is 0 Å². The SMILES string of the molecule is CCC(C(N)=O)C(CC)C(N)=O. The third kappa shape index (κ3) is 2.53. The summed E-state index contributed by atoms with van der Waals surface area (Å²) in [5, 5.41) is 0. The largest absolute Gasteiger partial charge is 0.369 e. The minimum absolute atomic E-state index is 0.410. The van der Waals surface area contributed by atoms with Crippen molar-refractivity contribution in [2.24, 2.45) is 23.3 Å². The maximum Gasteiger partial charge on any atom is 0.221 e. The Balaban J connectivity index is 4.44. The van der Waals surface area contributed by atoms with E-state index in [4.69, 9.17) is 11.5 Å². The molecule has 0 saturated carbocycles. The summed E-state index contributed by atoms with van der Waals surface area (Å²) in [5.74, 6) is -1.70. The van der Waals surface area contributed by atoms with Crippen LogP contribution in [0.4, 0.5) is 0 Å². The average molecular weight is 172 g/mol. The fourth-order valence-corrected chi connectivity index (χ4v) is 1.37. The van der Waals surface area contributed by atoms with Gasteiger partial charge in [-0.1, -0.05) is 13.8 Å². The summed E-state index contributed by atoms with van der Waals surface area (Å²) in [6.45, 7) is 3.64. The Morgan fingerprint density at radius 3 is 1.33 bits per heavy atom. The number of nitrogens with two attached hydrogens (primary N) is 2. The van der Waals surface area contributed by atoms with Crippen molar-refractivity contribution in [2.45, 2.75) is 26.7 Å². The number of amides is 2. The van der Waals surface area contributed by atoms with Crippen LogP contribution in [0, 0.1) is 11.8 Å². The highest BCUT2D eigenvalue weighted by Crippen LogP contribution is 2.18. The van der Waals surface area contributed by atoms with Gasteiger partial charge in [0, 0.05) is 11.8 Å². The summed E-state index contributed by atoms with van der Waals surface area (Å²) in [6.07, 6.45) is 1.13. The highest BCUT2D eigenvalue weighted by molar-refractivity contribution is 5.85. The zero-order valence-electron chi connectivity index (χ0n) is 7.54. The fourth-order valence-electron chi connectivity index (χ4n) is 1.37. The van der Waals surface area contributed by atoms with Crippen LogP contribution >= 0.6 is 0 Å². The molecule has 0 spiro atoms. The number of hydrogen-bond donors (Lipinski definition) is 2. The Kier molecular flexibility index (Phi) is 4.33. The van der Waals surface area contributed by atoms with Gasteiger partial charge in [-0.15, -0.1) is 0 Å². The number of primary amides is 2. The van der Waals surface area contributed by atoms with Crippen LogP contribution in [0.25, 0.3) is 0 Å². The van der Waals surface area contributed by atoms with Crippen LogP contribution in [0.5, 0.6) is 0 Å². The Morgan fingerprint density at radius 2 is 1.25 bits per heavy atom. The first-order valence-corrected chi connectivity index (χ1v) is 4.13. The lowest BCUT2D eigenvalue weighted by atomic mass is 9.87. The smallest absolute Gasteiger partial charge is 0.221 e. The molecule has 0 fully saturated rings. The van der Waals surface area contributed by atoms with E-state index in [1.54, 1.807) is 0 Å². The van der Waals surface area contributed by atoms with Crippen LogP contribution in [0.1, 0.15) is 26.7 Å². The highest BCUT2D eigenvalue weighted by atomic mass is 16.2. The van der Waals surface area contributed by atoms with E-state index in [-0.39, 0.29) is 0 Å². The Bertz CT molecular complexity index is 160. The van der Waals surface area contributed by atoms with Crippen molar-refractivity contribution in [3.8, 4) is 0 Å². The van der Waals surface area contributed by atoms with Crippen molar-refractivity contribution in [3.63, 3.8) is 0 Å². The minimum atomic E-state index is -0.442. The molecule has 4 nitrogen and oxygen atoms in total. The van der Waals surface area contributed by atoms with E-state index in [2.05, 4.69) is 0 Å². The lowest BCUT2D eigenvalue weighted by Crippen LogP contribution is -2.37. The van der Waals surface area contributed by atoms with E-state index in [0.29, 0.717) is 12.8 Å². The highest BCUT2D eigenvalue weighted by Gasteiger charge is 2.27. The molecule has 4 heteroatoms. The summed E-state index contributed by atoms with van der Waals surface area (Å²) in [5.41, 5.74) is 10.2. The van der Waals surface area contributed by atoms with Crippen molar-refractivity contribution in [1.29, 1.82) is 0 Å². The van der Waals surface area contributed by atoms with Gasteiger partial charge >= 0.3 is 0 Å². The van der Waals surface area contributed by atoms with E-state index in [0.717, 1.165) is 0 Å². The first-order chi connectivity index (χ1) is 5.54. The van der Waals surface area contributed by atoms with Crippen molar-refractivity contribution in [2.75, 3.05) is 0 Å². The topological polar surface area (TPSA) is 86.2 Å². The lowest BCUT2D eigenvalue weighted by molar-refractivity contribution is -0.131. The lowest BCUT2D eigenvalue weighted by Gasteiger charge is -2.18. The maximum absolute atomic E-state index is 10.8. The van der Waals surface area contributed by atoms with Crippen LogP contribution in [0.2, 0.25) is 0 Å². The molecule has 0 rings (SSSR count). The van der Waals surface area contributed by atoms with E-state index in [9.17, 15) is 9.59 Å². The van der Waals surface area contributed by atoms with E-state index in [1.807, 2.05) is 13.8 Å². The second-order valence-electron chi connectivity index (χ2n) is 2.83. The standard InChI is InChI=1S/C8H16N2O2/c1-3-5(7(9)11)6(4-2)8(10)12/h5-6H,3-4H2,1-2H3,(H2,9,11)(H2,10,12). The molecule has 2 amide bonds. The molecule has 12 heavy (non-hydrogen) atoms. The molecule has 0 aliphatic rings. The second kappa shape index (κ2) is 4.74. The maximum atomic E-state index is 10.8. The van der Waals surface area contributed by atoms with Gasteiger partial charge in [0.2, 0.25) is 11.8 Å². The molecule has 0 aliphatic heterocycles. The molecule has 0 heterocycles. The third-order valence-corrected chi connectivity index (χ3v) is 2.10. The van der Waals surface area contributed by atoms with Crippen LogP contribution in [0.3, 0.4) is 0 Å². The molecular formula is C8H16N2O2. The van der Waals surface area contributed by atoms with Gasteiger partial charge in [-0.05, 0) is 12.8 Å². The summed E-state index contributed by atoms with van der Waals surface area (Å²) in [4.78, 5) is 21.7. The number of rotatable bonds is 5. The normalized spacial score (nSPS) is 15.2. The Labute approximate surface area is 72.3 Å². The molecule has 2 atom stereocenters. The molecule has 70 valence electrons. The monoisotopic (exact) mass is 172 g/mol. The Morgan fingerprint density at radius 1 is 1.00 bits per heavy atom. The molecule has 0 aromatic rings. The van der Waals surface area contributed by atoms with Crippen LogP contribution in [0.15, 0.2) is 0 Å². The van der Waals surface area contributed by atoms with E-state index < -0.39 is 23.7 Å². The molecule has 0 aliphatic carbocycles. The van der Waals surface area contributed by atoms with Gasteiger partial charge in [0.25, 0.3) is 0 Å². The number of carbonyl (C=O) groups is 2. The molecule has 0 aromatic carbocycles. The molecule has 0 bridgehead atoms. The zero-order chi connectivity index (χ0) is 9.72. The summed E-state index contributed by atoms with van der Waals surface area (Å²) < 4.78 is 0. The van der Waals surface area contributed by atoms with Gasteiger partial charge in [-0.3, -0.25) is 9.59 Å². The summed E-state index contributed by atoms with van der Waals surface area (Å²) in [6, 6.07) is 0. The van der Waals surface area contributed by atoms with Gasteiger partial charge in [-0.2, -0.15) is 0 Å². The molecule has 0 saturated heterocycles. The third-order valence-electron chi connectivity index (χ3n) is 2.10. The van der Waals surface area contributed by atoms with Crippen molar-refractivity contribution >= 4 is 11.8 Å².